The van der Waals surface area contributed by atoms with Crippen molar-refractivity contribution >= 4 is 17.5 Å². The molecule has 0 spiro atoms. The van der Waals surface area contributed by atoms with Crippen LogP contribution in [0.1, 0.15) is 25.3 Å². The van der Waals surface area contributed by atoms with Crippen LogP contribution < -0.4 is 15.4 Å². The average Bonchev–Trinajstić information content (AvgIpc) is 2.99. The Morgan fingerprint density at radius 3 is 3.05 bits per heavy atom. The van der Waals surface area contributed by atoms with E-state index in [-0.39, 0.29) is 6.10 Å². The number of ether oxygens (including phenoxy) is 2. The van der Waals surface area contributed by atoms with E-state index >= 15 is 0 Å². The molecule has 1 aromatic rings. The number of hydrogen-bond acceptors (Lipinski definition) is 4. The molecule has 2 amide bonds. The molecule has 1 saturated heterocycles. The molecule has 0 aliphatic carbocycles. The van der Waals surface area contributed by atoms with Crippen LogP contribution in [0.5, 0.6) is 5.75 Å². The normalized spacial score (nSPS) is 26.8. The van der Waals surface area contributed by atoms with Crippen LogP contribution in [0.3, 0.4) is 0 Å². The molecule has 1 aromatic carbocycles. The number of nitrogens with one attached hydrogen (secondary N) is 2. The van der Waals surface area contributed by atoms with Crippen molar-refractivity contribution in [1.82, 2.24) is 5.32 Å². The largest absolute Gasteiger partial charge is 0.466 e. The van der Waals surface area contributed by atoms with Gasteiger partial charge in [-0.25, -0.2) is 0 Å². The number of benzene rings is 1. The van der Waals surface area contributed by atoms with Gasteiger partial charge in [0.2, 0.25) is 0 Å². The molecule has 0 saturated carbocycles. The Morgan fingerprint density at radius 2 is 2.32 bits per heavy atom. The Balaban J connectivity index is 1.72. The van der Waals surface area contributed by atoms with Crippen molar-refractivity contribution < 1.29 is 19.1 Å². The minimum atomic E-state index is -1.57. The van der Waals surface area contributed by atoms with Crippen LogP contribution in [-0.2, 0) is 14.3 Å². The second-order valence-electron chi connectivity index (χ2n) is 5.93. The van der Waals surface area contributed by atoms with E-state index in [0.717, 1.165) is 25.0 Å². The molecule has 0 aromatic heterocycles. The molecule has 2 aliphatic rings. The fraction of sp³-hybridized carbons (Fsp3) is 0.500. The summed E-state index contributed by atoms with van der Waals surface area (Å²) in [4.78, 5) is 24.7. The van der Waals surface area contributed by atoms with E-state index in [4.69, 9.17) is 9.47 Å². The van der Waals surface area contributed by atoms with Crippen LogP contribution in [0.4, 0.5) is 5.69 Å². The summed E-state index contributed by atoms with van der Waals surface area (Å²) in [5.74, 6) is -0.415. The summed E-state index contributed by atoms with van der Waals surface area (Å²) >= 11 is 0. The van der Waals surface area contributed by atoms with Crippen molar-refractivity contribution in [3.8, 4) is 5.75 Å². The number of hydrogen-bond donors (Lipinski definition) is 2. The van der Waals surface area contributed by atoms with E-state index in [1.54, 1.807) is 6.07 Å². The summed E-state index contributed by atoms with van der Waals surface area (Å²) < 4.78 is 11.2. The molecule has 0 radical (unpaired) electrons. The predicted octanol–water partition coefficient (Wildman–Crippen LogP) is 1.38. The zero-order valence-corrected chi connectivity index (χ0v) is 12.8. The number of carbonyl (C=O) groups excluding carboxylic acids is 2. The van der Waals surface area contributed by atoms with Crippen LogP contribution in [0.2, 0.25) is 0 Å². The first-order valence-corrected chi connectivity index (χ1v) is 7.50. The Hall–Kier alpha value is -2.08. The van der Waals surface area contributed by atoms with Gasteiger partial charge in [-0.15, -0.1) is 0 Å². The molecule has 3 rings (SSSR count). The summed E-state index contributed by atoms with van der Waals surface area (Å²) in [5.41, 5.74) is 0.0319. The van der Waals surface area contributed by atoms with Crippen molar-refractivity contribution in [1.29, 1.82) is 0 Å². The van der Waals surface area contributed by atoms with Gasteiger partial charge >= 0.3 is 0 Å². The topological polar surface area (TPSA) is 76.7 Å². The van der Waals surface area contributed by atoms with Gasteiger partial charge < -0.3 is 20.1 Å². The van der Waals surface area contributed by atoms with Crippen LogP contribution in [-0.4, -0.2) is 36.7 Å². The second-order valence-corrected chi connectivity index (χ2v) is 5.93. The summed E-state index contributed by atoms with van der Waals surface area (Å²) in [7, 11) is 0. The van der Waals surface area contributed by atoms with E-state index in [1.165, 1.54) is 6.92 Å². The number of carbonyl (C=O) groups is 2. The molecule has 22 heavy (non-hydrogen) atoms. The minimum absolute atomic E-state index is 0.0223. The molecule has 2 N–H and O–H groups in total. The number of fused-ring (bicyclic) bond motifs is 1. The zero-order chi connectivity index (χ0) is 15.7. The molecule has 0 bridgehead atoms. The third kappa shape index (κ3) is 2.66. The van der Waals surface area contributed by atoms with Crippen LogP contribution in [0.25, 0.3) is 0 Å². The fourth-order valence-electron chi connectivity index (χ4n) is 2.67. The van der Waals surface area contributed by atoms with E-state index in [0.29, 0.717) is 18.0 Å². The Morgan fingerprint density at radius 1 is 1.50 bits per heavy atom. The Kier molecular flexibility index (Phi) is 3.78. The Labute approximate surface area is 129 Å². The highest BCUT2D eigenvalue weighted by atomic mass is 16.5. The molecule has 6 heteroatoms. The summed E-state index contributed by atoms with van der Waals surface area (Å²) in [6, 6.07) is 5.45. The number of anilines is 1. The molecule has 2 atom stereocenters. The van der Waals surface area contributed by atoms with Gasteiger partial charge in [0.15, 0.2) is 0 Å². The van der Waals surface area contributed by atoms with Crippen molar-refractivity contribution in [3.05, 3.63) is 23.8 Å². The van der Waals surface area contributed by atoms with E-state index in [9.17, 15) is 9.59 Å². The van der Waals surface area contributed by atoms with Gasteiger partial charge in [-0.1, -0.05) is 6.07 Å². The molecule has 2 heterocycles. The smallest absolute Gasteiger partial charge is 0.278 e. The fourth-order valence-corrected chi connectivity index (χ4v) is 2.67. The van der Waals surface area contributed by atoms with Crippen molar-refractivity contribution in [2.24, 2.45) is 0 Å². The van der Waals surface area contributed by atoms with Gasteiger partial charge in [0.05, 0.1) is 11.8 Å². The van der Waals surface area contributed by atoms with E-state index in [2.05, 4.69) is 10.6 Å². The molecular formula is C16H20N2O4. The van der Waals surface area contributed by atoms with Gasteiger partial charge in [0.1, 0.15) is 5.75 Å². The lowest BCUT2D eigenvalue weighted by molar-refractivity contribution is -0.147. The summed E-state index contributed by atoms with van der Waals surface area (Å²) in [6.07, 6.45) is 1.95. The second kappa shape index (κ2) is 5.61. The number of amides is 2. The Bertz CT molecular complexity index is 610. The van der Waals surface area contributed by atoms with Crippen LogP contribution >= 0.6 is 0 Å². The van der Waals surface area contributed by atoms with Gasteiger partial charge in [-0.05, 0) is 44.4 Å². The molecule has 2 aliphatic heterocycles. The van der Waals surface area contributed by atoms with Crippen LogP contribution in [0, 0.1) is 6.92 Å². The van der Waals surface area contributed by atoms with Crippen molar-refractivity contribution in [3.63, 3.8) is 0 Å². The highest BCUT2D eigenvalue weighted by Gasteiger charge is 2.47. The molecular weight excluding hydrogens is 284 g/mol. The average molecular weight is 304 g/mol. The summed E-state index contributed by atoms with van der Waals surface area (Å²) in [6.45, 7) is 4.53. The zero-order valence-electron chi connectivity index (χ0n) is 12.8. The third-order valence-electron chi connectivity index (χ3n) is 4.08. The van der Waals surface area contributed by atoms with Gasteiger partial charge in [-0.3, -0.25) is 9.59 Å². The molecule has 1 fully saturated rings. The van der Waals surface area contributed by atoms with Gasteiger partial charge in [-0.2, -0.15) is 0 Å². The lowest BCUT2D eigenvalue weighted by Crippen LogP contribution is -2.59. The first-order chi connectivity index (χ1) is 10.5. The lowest BCUT2D eigenvalue weighted by atomic mass is 10.0. The third-order valence-corrected chi connectivity index (χ3v) is 4.08. The maximum Gasteiger partial charge on any atom is 0.278 e. The first-order valence-electron chi connectivity index (χ1n) is 7.50. The lowest BCUT2D eigenvalue weighted by Gasteiger charge is -2.33. The predicted molar refractivity (Wildman–Crippen MR) is 80.8 cm³/mol. The van der Waals surface area contributed by atoms with E-state index in [1.807, 2.05) is 19.1 Å². The van der Waals surface area contributed by atoms with Crippen molar-refractivity contribution in [2.75, 3.05) is 18.5 Å². The standard InChI is InChI=1S/C16H20N2O4/c1-10-5-6-13-12(8-10)18-15(20)16(2,22-13)14(19)17-9-11-4-3-7-21-11/h5-6,8,11H,3-4,7,9H2,1-2H3,(H,17,19)(H,18,20). The highest BCUT2D eigenvalue weighted by molar-refractivity contribution is 6.15. The SMILES string of the molecule is Cc1ccc2c(c1)NC(=O)C(C)(C(=O)NCC1CCCO1)O2. The van der Waals surface area contributed by atoms with E-state index < -0.39 is 17.4 Å². The first kappa shape index (κ1) is 14.8. The van der Waals surface area contributed by atoms with Gasteiger partial charge in [0.25, 0.3) is 17.4 Å². The summed E-state index contributed by atoms with van der Waals surface area (Å²) in [5, 5.41) is 5.50. The highest BCUT2D eigenvalue weighted by Crippen LogP contribution is 2.34. The molecule has 2 unspecified atom stereocenters. The number of aryl methyl sites for hydroxylation is 1. The maximum absolute atomic E-state index is 12.4. The monoisotopic (exact) mass is 304 g/mol. The maximum atomic E-state index is 12.4. The minimum Gasteiger partial charge on any atom is -0.466 e. The number of rotatable bonds is 3. The van der Waals surface area contributed by atoms with Crippen molar-refractivity contribution in [2.45, 2.75) is 38.4 Å². The van der Waals surface area contributed by atoms with Gasteiger partial charge in [0, 0.05) is 13.2 Å². The molecule has 6 nitrogen and oxygen atoms in total. The molecule has 118 valence electrons. The quantitative estimate of drug-likeness (QED) is 0.827. The van der Waals surface area contributed by atoms with Crippen LogP contribution in [0.15, 0.2) is 18.2 Å².